The fourth-order valence-corrected chi connectivity index (χ4v) is 4.03. The number of morpholine rings is 1. The van der Waals surface area contributed by atoms with Crippen LogP contribution in [0.15, 0.2) is 28.7 Å². The quantitative estimate of drug-likeness (QED) is 0.732. The lowest BCUT2D eigenvalue weighted by molar-refractivity contribution is -0.0343. The minimum atomic E-state index is -0.434. The number of likely N-dealkylation sites (tertiary alicyclic amines) is 1. The smallest absolute Gasteiger partial charge is 0.410 e. The molecule has 26 heavy (non-hydrogen) atoms. The van der Waals surface area contributed by atoms with E-state index in [1.165, 1.54) is 5.56 Å². The van der Waals surface area contributed by atoms with Crippen molar-refractivity contribution in [2.24, 2.45) is 5.92 Å². The lowest BCUT2D eigenvalue weighted by Gasteiger charge is -2.34. The van der Waals surface area contributed by atoms with Crippen molar-refractivity contribution in [2.45, 2.75) is 38.9 Å². The second-order valence-electron chi connectivity index (χ2n) is 8.26. The molecule has 0 bridgehead atoms. The molecule has 0 aromatic heterocycles. The van der Waals surface area contributed by atoms with Gasteiger partial charge in [-0.3, -0.25) is 4.90 Å². The first kappa shape index (κ1) is 19.6. The van der Waals surface area contributed by atoms with Crippen molar-refractivity contribution < 1.29 is 14.3 Å². The highest BCUT2D eigenvalue weighted by atomic mass is 79.9. The van der Waals surface area contributed by atoms with Crippen LogP contribution in [-0.4, -0.2) is 60.8 Å². The molecular weight excluding hydrogens is 396 g/mol. The van der Waals surface area contributed by atoms with Crippen LogP contribution in [0.3, 0.4) is 0 Å². The number of hydrogen-bond donors (Lipinski definition) is 0. The summed E-state index contributed by atoms with van der Waals surface area (Å²) in [7, 11) is 0. The summed E-state index contributed by atoms with van der Waals surface area (Å²) in [5.41, 5.74) is 0.780. The Balaban J connectivity index is 1.51. The highest BCUT2D eigenvalue weighted by Gasteiger charge is 2.32. The number of halogens is 1. The molecule has 2 heterocycles. The largest absolute Gasteiger partial charge is 0.444 e. The lowest BCUT2D eigenvalue weighted by atomic mass is 10.1. The fourth-order valence-electron chi connectivity index (χ4n) is 3.62. The molecule has 0 saturated carbocycles. The average Bonchev–Trinajstić information content (AvgIpc) is 3.02. The molecule has 2 aliphatic rings. The molecule has 1 aromatic rings. The normalized spacial score (nSPS) is 24.7. The molecule has 0 radical (unpaired) electrons. The molecule has 6 heteroatoms. The number of amides is 1. The maximum atomic E-state index is 12.2. The predicted octanol–water partition coefficient (Wildman–Crippen LogP) is 4.08. The molecule has 0 N–H and O–H groups in total. The Kier molecular flexibility index (Phi) is 6.25. The molecule has 2 saturated heterocycles. The average molecular weight is 425 g/mol. The van der Waals surface area contributed by atoms with Gasteiger partial charge < -0.3 is 14.4 Å². The van der Waals surface area contributed by atoms with E-state index in [0.717, 1.165) is 50.2 Å². The third-order valence-electron chi connectivity index (χ3n) is 4.82. The van der Waals surface area contributed by atoms with Gasteiger partial charge >= 0.3 is 6.09 Å². The van der Waals surface area contributed by atoms with E-state index in [4.69, 9.17) is 9.47 Å². The highest BCUT2D eigenvalue weighted by Crippen LogP contribution is 2.27. The van der Waals surface area contributed by atoms with E-state index >= 15 is 0 Å². The minimum Gasteiger partial charge on any atom is -0.444 e. The number of rotatable bonds is 3. The van der Waals surface area contributed by atoms with E-state index < -0.39 is 5.60 Å². The molecule has 2 aliphatic heterocycles. The molecule has 144 valence electrons. The first-order valence-corrected chi connectivity index (χ1v) is 10.2. The monoisotopic (exact) mass is 424 g/mol. The molecule has 3 rings (SSSR count). The summed E-state index contributed by atoms with van der Waals surface area (Å²) in [5, 5.41) is 0. The fraction of sp³-hybridized carbons (Fsp3) is 0.650. The first-order chi connectivity index (χ1) is 12.3. The second kappa shape index (κ2) is 8.28. The van der Waals surface area contributed by atoms with Gasteiger partial charge in [0.25, 0.3) is 0 Å². The Morgan fingerprint density at radius 1 is 1.31 bits per heavy atom. The predicted molar refractivity (Wildman–Crippen MR) is 105 cm³/mol. The van der Waals surface area contributed by atoms with Crippen LogP contribution in [0.25, 0.3) is 0 Å². The summed E-state index contributed by atoms with van der Waals surface area (Å²) in [6.07, 6.45) is 0.969. The maximum Gasteiger partial charge on any atom is 0.410 e. The van der Waals surface area contributed by atoms with E-state index in [1.807, 2.05) is 31.7 Å². The van der Waals surface area contributed by atoms with Crippen molar-refractivity contribution in [3.63, 3.8) is 0 Å². The van der Waals surface area contributed by atoms with Crippen molar-refractivity contribution in [2.75, 3.05) is 39.3 Å². The lowest BCUT2D eigenvalue weighted by Crippen LogP contribution is -2.42. The summed E-state index contributed by atoms with van der Waals surface area (Å²) >= 11 is 3.54. The van der Waals surface area contributed by atoms with Crippen LogP contribution in [0.1, 0.15) is 38.9 Å². The van der Waals surface area contributed by atoms with Gasteiger partial charge in [-0.2, -0.15) is 0 Å². The molecule has 2 fully saturated rings. The Hall–Kier alpha value is -1.11. The van der Waals surface area contributed by atoms with Gasteiger partial charge in [0.15, 0.2) is 0 Å². The summed E-state index contributed by atoms with van der Waals surface area (Å²) < 4.78 is 12.6. The van der Waals surface area contributed by atoms with Crippen molar-refractivity contribution in [3.05, 3.63) is 34.3 Å². The van der Waals surface area contributed by atoms with Gasteiger partial charge in [-0.15, -0.1) is 0 Å². The number of ether oxygens (including phenoxy) is 2. The molecule has 0 spiro atoms. The maximum absolute atomic E-state index is 12.2. The van der Waals surface area contributed by atoms with Gasteiger partial charge in [0, 0.05) is 37.2 Å². The molecule has 2 unspecified atom stereocenters. The first-order valence-electron chi connectivity index (χ1n) is 9.37. The van der Waals surface area contributed by atoms with Crippen LogP contribution in [0.4, 0.5) is 4.79 Å². The van der Waals surface area contributed by atoms with Gasteiger partial charge in [0.05, 0.1) is 12.7 Å². The van der Waals surface area contributed by atoms with Crippen LogP contribution in [-0.2, 0) is 9.47 Å². The van der Waals surface area contributed by atoms with Crippen LogP contribution in [0, 0.1) is 5.92 Å². The number of hydrogen-bond acceptors (Lipinski definition) is 4. The molecule has 5 nitrogen and oxygen atoms in total. The number of carbonyl (C=O) groups is 1. The third-order valence-corrected chi connectivity index (χ3v) is 5.32. The zero-order chi connectivity index (χ0) is 18.7. The van der Waals surface area contributed by atoms with E-state index in [1.54, 1.807) is 0 Å². The van der Waals surface area contributed by atoms with Gasteiger partial charge in [-0.05, 0) is 50.8 Å². The summed E-state index contributed by atoms with van der Waals surface area (Å²) in [4.78, 5) is 16.6. The second-order valence-corrected chi connectivity index (χ2v) is 9.17. The van der Waals surface area contributed by atoms with E-state index in [-0.39, 0.29) is 12.2 Å². The third kappa shape index (κ3) is 5.44. The van der Waals surface area contributed by atoms with Crippen molar-refractivity contribution in [1.82, 2.24) is 9.80 Å². The zero-order valence-electron chi connectivity index (χ0n) is 15.9. The minimum absolute atomic E-state index is 0.115. The highest BCUT2D eigenvalue weighted by molar-refractivity contribution is 9.10. The van der Waals surface area contributed by atoms with E-state index in [9.17, 15) is 4.79 Å². The molecular formula is C20H29BrN2O3. The Bertz CT molecular complexity index is 632. The molecule has 2 atom stereocenters. The number of carbonyl (C=O) groups excluding carboxylic acids is 1. The van der Waals surface area contributed by atoms with E-state index in [2.05, 4.69) is 39.0 Å². The molecule has 0 aliphatic carbocycles. The Morgan fingerprint density at radius 2 is 2.12 bits per heavy atom. The van der Waals surface area contributed by atoms with Crippen molar-refractivity contribution in [1.29, 1.82) is 0 Å². The van der Waals surface area contributed by atoms with Gasteiger partial charge in [0.2, 0.25) is 0 Å². The summed E-state index contributed by atoms with van der Waals surface area (Å²) in [6.45, 7) is 10.9. The topological polar surface area (TPSA) is 42.0 Å². The van der Waals surface area contributed by atoms with Crippen LogP contribution >= 0.6 is 15.9 Å². The SMILES string of the molecule is CC(C)(C)OC(=O)N1CCC(CN2CCOC(c3cccc(Br)c3)C2)C1. The summed E-state index contributed by atoms with van der Waals surface area (Å²) in [6, 6.07) is 8.35. The van der Waals surface area contributed by atoms with Crippen LogP contribution in [0.2, 0.25) is 0 Å². The summed E-state index contributed by atoms with van der Waals surface area (Å²) in [5.74, 6) is 0.503. The number of benzene rings is 1. The standard InChI is InChI=1S/C20H29BrN2O3/c1-20(2,3)26-19(24)23-8-7-15(13-23)12-22-9-10-25-18(14-22)16-5-4-6-17(21)11-16/h4-6,11,15,18H,7-10,12-14H2,1-3H3. The van der Waals surface area contributed by atoms with Gasteiger partial charge in [0.1, 0.15) is 5.60 Å². The van der Waals surface area contributed by atoms with Gasteiger partial charge in [-0.25, -0.2) is 4.79 Å². The Labute approximate surface area is 164 Å². The van der Waals surface area contributed by atoms with Crippen LogP contribution in [0.5, 0.6) is 0 Å². The van der Waals surface area contributed by atoms with E-state index in [0.29, 0.717) is 5.92 Å². The van der Waals surface area contributed by atoms with Crippen LogP contribution < -0.4 is 0 Å². The van der Waals surface area contributed by atoms with Crippen molar-refractivity contribution in [3.8, 4) is 0 Å². The molecule has 1 amide bonds. The Morgan fingerprint density at radius 3 is 2.85 bits per heavy atom. The molecule has 1 aromatic carbocycles. The number of nitrogens with zero attached hydrogens (tertiary/aromatic N) is 2. The van der Waals surface area contributed by atoms with Crippen molar-refractivity contribution >= 4 is 22.0 Å². The zero-order valence-corrected chi connectivity index (χ0v) is 17.5. The van der Waals surface area contributed by atoms with Gasteiger partial charge in [-0.1, -0.05) is 28.1 Å².